The van der Waals surface area contributed by atoms with Crippen LogP contribution in [0.25, 0.3) is 0 Å². The molecular weight excluding hydrogens is 351 g/mol. The number of aromatic nitrogens is 2. The summed E-state index contributed by atoms with van der Waals surface area (Å²) >= 11 is 1.98. The molecule has 0 saturated carbocycles. The second-order valence-corrected chi connectivity index (χ2v) is 4.51. The van der Waals surface area contributed by atoms with Crippen molar-refractivity contribution in [2.24, 2.45) is 0 Å². The first-order valence-electron chi connectivity index (χ1n) is 4.82. The van der Waals surface area contributed by atoms with Crippen molar-refractivity contribution in [3.63, 3.8) is 0 Å². The average Bonchev–Trinajstić information content (AvgIpc) is 2.76. The lowest BCUT2D eigenvalue weighted by molar-refractivity contribution is -0.384. The molecular formula is C10H7IN4O3. The summed E-state index contributed by atoms with van der Waals surface area (Å²) in [5.41, 5.74) is 0.814. The van der Waals surface area contributed by atoms with Gasteiger partial charge in [0.05, 0.1) is 14.7 Å². The van der Waals surface area contributed by atoms with Gasteiger partial charge in [-0.25, -0.2) is 0 Å². The van der Waals surface area contributed by atoms with Crippen LogP contribution in [-0.2, 0) is 0 Å². The summed E-state index contributed by atoms with van der Waals surface area (Å²) in [6.07, 6.45) is 1.53. The van der Waals surface area contributed by atoms with Crippen LogP contribution in [0.15, 0.2) is 30.5 Å². The molecule has 2 aromatic rings. The van der Waals surface area contributed by atoms with E-state index in [2.05, 4.69) is 15.5 Å². The Morgan fingerprint density at radius 1 is 1.39 bits per heavy atom. The van der Waals surface area contributed by atoms with Gasteiger partial charge in [0.1, 0.15) is 5.69 Å². The molecule has 8 heteroatoms. The minimum absolute atomic E-state index is 0.0240. The Kier molecular flexibility index (Phi) is 3.55. The van der Waals surface area contributed by atoms with E-state index in [-0.39, 0.29) is 11.6 Å². The van der Waals surface area contributed by atoms with E-state index in [0.717, 1.165) is 0 Å². The third-order valence-electron chi connectivity index (χ3n) is 2.16. The lowest BCUT2D eigenvalue weighted by atomic mass is 10.3. The Morgan fingerprint density at radius 2 is 2.06 bits per heavy atom. The van der Waals surface area contributed by atoms with Gasteiger partial charge in [-0.2, -0.15) is 5.10 Å². The van der Waals surface area contributed by atoms with Crippen LogP contribution in [0.3, 0.4) is 0 Å². The predicted octanol–water partition coefficient (Wildman–Crippen LogP) is 2.17. The molecule has 0 spiro atoms. The number of hydrogen-bond donors (Lipinski definition) is 2. The molecule has 18 heavy (non-hydrogen) atoms. The lowest BCUT2D eigenvalue weighted by Gasteiger charge is -2.03. The van der Waals surface area contributed by atoms with E-state index in [1.807, 2.05) is 22.6 Å². The number of rotatable bonds is 3. The second-order valence-electron chi connectivity index (χ2n) is 3.35. The Labute approximate surface area is 115 Å². The highest BCUT2D eigenvalue weighted by molar-refractivity contribution is 14.1. The largest absolute Gasteiger partial charge is 0.321 e. The van der Waals surface area contributed by atoms with Crippen LogP contribution in [-0.4, -0.2) is 21.0 Å². The van der Waals surface area contributed by atoms with E-state index < -0.39 is 4.92 Å². The minimum Gasteiger partial charge on any atom is -0.321 e. The normalized spacial score (nSPS) is 10.1. The molecule has 0 radical (unpaired) electrons. The van der Waals surface area contributed by atoms with Crippen LogP contribution in [0, 0.1) is 13.7 Å². The number of non-ortho nitro benzene ring substituents is 1. The molecule has 0 saturated heterocycles. The van der Waals surface area contributed by atoms with Crippen molar-refractivity contribution in [3.8, 4) is 0 Å². The Hall–Kier alpha value is -1.97. The highest BCUT2D eigenvalue weighted by Gasteiger charge is 2.12. The summed E-state index contributed by atoms with van der Waals surface area (Å²) in [4.78, 5) is 21.8. The third-order valence-corrected chi connectivity index (χ3v) is 2.97. The molecule has 2 rings (SSSR count). The van der Waals surface area contributed by atoms with Crippen LogP contribution >= 0.6 is 22.6 Å². The van der Waals surface area contributed by atoms with Crippen molar-refractivity contribution in [2.45, 2.75) is 0 Å². The summed E-state index contributed by atoms with van der Waals surface area (Å²) in [6, 6.07) is 5.60. The number of nitro groups is 1. The van der Waals surface area contributed by atoms with E-state index in [1.165, 1.54) is 30.5 Å². The number of carbonyl (C=O) groups excluding carboxylic acids is 1. The van der Waals surface area contributed by atoms with Gasteiger partial charge in [-0.15, -0.1) is 0 Å². The van der Waals surface area contributed by atoms with Gasteiger partial charge in [0.25, 0.3) is 11.6 Å². The number of halogens is 1. The number of carbonyl (C=O) groups is 1. The zero-order valence-corrected chi connectivity index (χ0v) is 11.0. The minimum atomic E-state index is -0.497. The maximum atomic E-state index is 11.8. The van der Waals surface area contributed by atoms with E-state index in [9.17, 15) is 14.9 Å². The van der Waals surface area contributed by atoms with Gasteiger partial charge in [0, 0.05) is 17.8 Å². The fourth-order valence-corrected chi connectivity index (χ4v) is 1.80. The molecule has 0 bridgehead atoms. The van der Waals surface area contributed by atoms with Crippen LogP contribution < -0.4 is 5.32 Å². The standard InChI is InChI=1S/C10H7IN4O3/c11-8-5-12-14-9(8)10(16)13-6-1-3-7(4-2-6)15(17)18/h1-5H,(H,12,14)(H,13,16). The topological polar surface area (TPSA) is 101 Å². The summed E-state index contributed by atoms with van der Waals surface area (Å²) in [5.74, 6) is -0.342. The number of aromatic amines is 1. The molecule has 7 nitrogen and oxygen atoms in total. The van der Waals surface area contributed by atoms with Crippen molar-refractivity contribution in [1.29, 1.82) is 0 Å². The molecule has 0 atom stereocenters. The van der Waals surface area contributed by atoms with E-state index in [0.29, 0.717) is 15.0 Å². The first kappa shape index (κ1) is 12.5. The SMILES string of the molecule is O=C(Nc1ccc([N+](=O)[O-])cc1)c1[nH]ncc1I. The summed E-state index contributed by atoms with van der Waals surface area (Å²) in [6.45, 7) is 0. The zero-order chi connectivity index (χ0) is 13.1. The van der Waals surface area contributed by atoms with Crippen molar-refractivity contribution < 1.29 is 9.72 Å². The van der Waals surface area contributed by atoms with Crippen molar-refractivity contribution in [1.82, 2.24) is 10.2 Å². The van der Waals surface area contributed by atoms with Gasteiger partial charge < -0.3 is 5.32 Å². The molecule has 0 aliphatic heterocycles. The highest BCUT2D eigenvalue weighted by atomic mass is 127. The fourth-order valence-electron chi connectivity index (χ4n) is 1.29. The van der Waals surface area contributed by atoms with Crippen LogP contribution in [0.5, 0.6) is 0 Å². The van der Waals surface area contributed by atoms with Gasteiger partial charge in [-0.05, 0) is 34.7 Å². The van der Waals surface area contributed by atoms with E-state index in [1.54, 1.807) is 0 Å². The number of amides is 1. The third kappa shape index (κ3) is 2.64. The first-order chi connectivity index (χ1) is 8.58. The molecule has 0 unspecified atom stereocenters. The van der Waals surface area contributed by atoms with Gasteiger partial charge in [-0.3, -0.25) is 20.0 Å². The number of H-pyrrole nitrogens is 1. The molecule has 1 aromatic heterocycles. The fraction of sp³-hybridized carbons (Fsp3) is 0. The second kappa shape index (κ2) is 5.12. The van der Waals surface area contributed by atoms with Crippen molar-refractivity contribution in [3.05, 3.63) is 49.8 Å². The predicted molar refractivity (Wildman–Crippen MR) is 72.4 cm³/mol. The Bertz CT molecular complexity index is 593. The maximum absolute atomic E-state index is 11.8. The van der Waals surface area contributed by atoms with Crippen LogP contribution in [0.4, 0.5) is 11.4 Å². The lowest BCUT2D eigenvalue weighted by Crippen LogP contribution is -2.13. The number of hydrogen-bond acceptors (Lipinski definition) is 4. The molecule has 0 fully saturated rings. The monoisotopic (exact) mass is 358 g/mol. The molecule has 1 amide bonds. The molecule has 2 N–H and O–H groups in total. The average molecular weight is 358 g/mol. The number of benzene rings is 1. The smallest absolute Gasteiger partial charge is 0.274 e. The number of nitrogens with zero attached hydrogens (tertiary/aromatic N) is 2. The Balaban J connectivity index is 2.13. The quantitative estimate of drug-likeness (QED) is 0.499. The number of anilines is 1. The molecule has 0 aliphatic rings. The zero-order valence-electron chi connectivity index (χ0n) is 8.88. The highest BCUT2D eigenvalue weighted by Crippen LogP contribution is 2.16. The van der Waals surface area contributed by atoms with Crippen LogP contribution in [0.2, 0.25) is 0 Å². The van der Waals surface area contributed by atoms with Gasteiger partial charge >= 0.3 is 0 Å². The van der Waals surface area contributed by atoms with Crippen molar-refractivity contribution >= 4 is 39.9 Å². The molecule has 0 aliphatic carbocycles. The van der Waals surface area contributed by atoms with E-state index in [4.69, 9.17) is 0 Å². The molecule has 92 valence electrons. The van der Waals surface area contributed by atoms with Crippen LogP contribution in [0.1, 0.15) is 10.5 Å². The van der Waals surface area contributed by atoms with Gasteiger partial charge in [0.2, 0.25) is 0 Å². The molecule has 1 heterocycles. The first-order valence-corrected chi connectivity index (χ1v) is 5.90. The summed E-state index contributed by atoms with van der Waals surface area (Å²) in [7, 11) is 0. The Morgan fingerprint density at radius 3 is 2.56 bits per heavy atom. The summed E-state index contributed by atoms with van der Waals surface area (Å²) < 4.78 is 0.701. The van der Waals surface area contributed by atoms with Gasteiger partial charge in [0.15, 0.2) is 0 Å². The molecule has 1 aromatic carbocycles. The maximum Gasteiger partial charge on any atom is 0.274 e. The number of nitrogens with one attached hydrogen (secondary N) is 2. The van der Waals surface area contributed by atoms with Crippen molar-refractivity contribution in [2.75, 3.05) is 5.32 Å². The van der Waals surface area contributed by atoms with Gasteiger partial charge in [-0.1, -0.05) is 0 Å². The van der Waals surface area contributed by atoms with E-state index >= 15 is 0 Å². The number of nitro benzene ring substituents is 1. The summed E-state index contributed by atoms with van der Waals surface area (Å²) in [5, 5.41) is 19.4.